The number of nitrogens with one attached hydrogen (secondary N) is 1. The zero-order valence-corrected chi connectivity index (χ0v) is 36.6. The smallest absolute Gasteiger partial charge is 0.329 e. The molecule has 2 unspecified atom stereocenters. The number of fused-ring (bicyclic) bond motifs is 1. The van der Waals surface area contributed by atoms with Gasteiger partial charge < -0.3 is 25.3 Å². The second-order valence-corrected chi connectivity index (χ2v) is 17.0. The highest BCUT2D eigenvalue weighted by Gasteiger charge is 2.41. The lowest BCUT2D eigenvalue weighted by Crippen LogP contribution is -2.53. The van der Waals surface area contributed by atoms with Crippen LogP contribution < -0.4 is 21.6 Å². The Balaban J connectivity index is 0.797. The number of primary amides is 1. The summed E-state index contributed by atoms with van der Waals surface area (Å²) in [5, 5.41) is 3.11. The van der Waals surface area contributed by atoms with Crippen molar-refractivity contribution in [1.82, 2.24) is 19.4 Å². The molecule has 4 heterocycles. The lowest BCUT2D eigenvalue weighted by Gasteiger charge is -2.29. The van der Waals surface area contributed by atoms with Crippen LogP contribution in [0.25, 0.3) is 11.0 Å². The van der Waals surface area contributed by atoms with Gasteiger partial charge >= 0.3 is 5.69 Å². The molecule has 0 aliphatic carbocycles. The van der Waals surface area contributed by atoms with E-state index in [1.165, 1.54) is 17.2 Å². The Morgan fingerprint density at radius 2 is 1.52 bits per heavy atom. The van der Waals surface area contributed by atoms with Crippen LogP contribution in [0.15, 0.2) is 65.5 Å². The van der Waals surface area contributed by atoms with Gasteiger partial charge in [0.25, 0.3) is 5.91 Å². The molecule has 1 saturated heterocycles. The fourth-order valence-corrected chi connectivity index (χ4v) is 9.21. The summed E-state index contributed by atoms with van der Waals surface area (Å²) in [5.41, 5.74) is 12.9. The predicted octanol–water partition coefficient (Wildman–Crippen LogP) is 4.21. The Morgan fingerprint density at radius 3 is 2.27 bits per heavy atom. The van der Waals surface area contributed by atoms with E-state index in [0.717, 1.165) is 70.5 Å². The van der Waals surface area contributed by atoms with Crippen molar-refractivity contribution in [1.29, 1.82) is 0 Å². The van der Waals surface area contributed by atoms with E-state index in [2.05, 4.69) is 17.4 Å². The third-order valence-corrected chi connectivity index (χ3v) is 12.7. The summed E-state index contributed by atoms with van der Waals surface area (Å²) < 4.78 is 21.0. The summed E-state index contributed by atoms with van der Waals surface area (Å²) in [5.74, 6) is -1.34. The van der Waals surface area contributed by atoms with Crippen molar-refractivity contribution in [3.8, 4) is 0 Å². The fourth-order valence-electron chi connectivity index (χ4n) is 9.21. The molecule has 3 aliphatic heterocycles. The van der Waals surface area contributed by atoms with Crippen LogP contribution in [-0.4, -0.2) is 95.2 Å². The predicted molar refractivity (Wildman–Crippen MR) is 237 cm³/mol. The Kier molecular flexibility index (Phi) is 14.9. The quantitative estimate of drug-likeness (QED) is 0.0916. The van der Waals surface area contributed by atoms with E-state index < -0.39 is 30.1 Å². The van der Waals surface area contributed by atoms with Crippen molar-refractivity contribution in [2.24, 2.45) is 12.8 Å². The first-order valence-electron chi connectivity index (χ1n) is 22.3. The molecule has 0 bridgehead atoms. The van der Waals surface area contributed by atoms with E-state index >= 15 is 0 Å². The first-order chi connectivity index (χ1) is 30.4. The van der Waals surface area contributed by atoms with Gasteiger partial charge in [-0.3, -0.25) is 42.9 Å². The van der Waals surface area contributed by atoms with Gasteiger partial charge in [0.1, 0.15) is 12.1 Å². The zero-order chi connectivity index (χ0) is 44.6. The van der Waals surface area contributed by atoms with Gasteiger partial charge in [-0.05, 0) is 92.2 Å². The van der Waals surface area contributed by atoms with Gasteiger partial charge in [0.05, 0.1) is 48.7 Å². The average Bonchev–Trinajstić information content (AvgIpc) is 3.73. The van der Waals surface area contributed by atoms with E-state index in [1.54, 1.807) is 16.5 Å². The number of imide groups is 1. The van der Waals surface area contributed by atoms with Crippen LogP contribution in [0.4, 0.5) is 5.69 Å². The van der Waals surface area contributed by atoms with Gasteiger partial charge in [0.2, 0.25) is 23.6 Å². The van der Waals surface area contributed by atoms with E-state index in [4.69, 9.17) is 19.9 Å². The zero-order valence-electron chi connectivity index (χ0n) is 36.6. The number of amides is 5. The topological polar surface area (TPSA) is 184 Å². The molecule has 7 rings (SSSR count). The number of nitrogens with two attached hydrogens (primary N) is 1. The van der Waals surface area contributed by atoms with E-state index in [0.29, 0.717) is 70.7 Å². The molecule has 0 spiro atoms. The van der Waals surface area contributed by atoms with Crippen LogP contribution in [0.3, 0.4) is 0 Å². The molecular weight excluding hydrogens is 805 g/mol. The molecule has 3 aromatic carbocycles. The highest BCUT2D eigenvalue weighted by atomic mass is 16.5. The number of benzene rings is 3. The second kappa shape index (κ2) is 20.7. The number of para-hydroxylation sites is 2. The number of nitrogens with zero attached hydrogens (tertiary/aromatic N) is 4. The molecule has 4 atom stereocenters. The lowest BCUT2D eigenvalue weighted by atomic mass is 10.0. The Morgan fingerprint density at radius 1 is 0.825 bits per heavy atom. The molecule has 1 fully saturated rings. The van der Waals surface area contributed by atoms with Crippen LogP contribution in [0.5, 0.6) is 0 Å². The van der Waals surface area contributed by atoms with Crippen LogP contribution in [0.2, 0.25) is 0 Å². The van der Waals surface area contributed by atoms with Crippen LogP contribution >= 0.6 is 0 Å². The largest absolute Gasteiger partial charge is 0.379 e. The number of likely N-dealkylation sites (tertiary alicyclic amines) is 1. The van der Waals surface area contributed by atoms with E-state index in [9.17, 15) is 28.8 Å². The van der Waals surface area contributed by atoms with Gasteiger partial charge in [-0.2, -0.15) is 0 Å². The number of hydrogen-bond acceptors (Lipinski definition) is 9. The monoisotopic (exact) mass is 864 g/mol. The summed E-state index contributed by atoms with van der Waals surface area (Å²) in [6.07, 6.45) is 6.10. The number of rotatable bonds is 21. The molecule has 15 nitrogen and oxygen atoms in total. The minimum absolute atomic E-state index is 0.0385. The molecule has 1 aromatic heterocycles. The van der Waals surface area contributed by atoms with Crippen molar-refractivity contribution in [2.75, 3.05) is 38.4 Å². The Hall–Kier alpha value is -5.64. The Labute approximate surface area is 367 Å². The summed E-state index contributed by atoms with van der Waals surface area (Å²) in [7, 11) is 3.19. The summed E-state index contributed by atoms with van der Waals surface area (Å²) in [6.45, 7) is 4.31. The number of imidazole rings is 1. The number of carbonyl (C=O) groups excluding carboxylic acids is 5. The van der Waals surface area contributed by atoms with Crippen molar-refractivity contribution >= 4 is 46.3 Å². The van der Waals surface area contributed by atoms with Crippen LogP contribution in [0.1, 0.15) is 92.1 Å². The molecule has 5 amide bonds. The molecule has 336 valence electrons. The molecular formula is C48H60N6O9. The summed E-state index contributed by atoms with van der Waals surface area (Å²) >= 11 is 0. The number of hydrogen-bond donors (Lipinski definition) is 2. The van der Waals surface area contributed by atoms with E-state index in [-0.39, 0.29) is 42.2 Å². The number of likely N-dealkylation sites (N-methyl/N-ethyl adjacent to an activating group) is 1. The van der Waals surface area contributed by atoms with Crippen molar-refractivity contribution < 1.29 is 38.2 Å². The third-order valence-electron chi connectivity index (χ3n) is 12.7. The summed E-state index contributed by atoms with van der Waals surface area (Å²) in [4.78, 5) is 79.7. The van der Waals surface area contributed by atoms with Gasteiger partial charge in [0.15, 0.2) is 0 Å². The average molecular weight is 865 g/mol. The van der Waals surface area contributed by atoms with Gasteiger partial charge in [-0.25, -0.2) is 4.79 Å². The van der Waals surface area contributed by atoms with Gasteiger partial charge in [0, 0.05) is 53.0 Å². The number of aryl methyl sites for hydroxylation is 4. The maximum Gasteiger partial charge on any atom is 0.329 e. The second-order valence-electron chi connectivity index (χ2n) is 17.0. The van der Waals surface area contributed by atoms with E-state index in [1.807, 2.05) is 55.5 Å². The molecule has 4 aromatic rings. The SMILES string of the molecule is C[C@@H](OCc1ccc(CCCOCCOCCCc2cccc3c2n(C)c(=O)n3C2CCC(=O)N(C)C2=O)cc1)C(CCC(N)=O)NC(=O)[C@@H]1Cc2cccc3c2N1C(=O)CCC3. The number of piperidine rings is 1. The number of carbonyl (C=O) groups is 5. The normalized spacial score (nSPS) is 18.4. The standard InChI is InChI=1S/C48H60N6O9/c1-31(37(21-23-41(49)55)50-46(58)40-29-36-13-4-10-34-12-6-16-43(57)54(40)44(34)36)63-30-33-19-17-32(18-20-33)9-7-25-61-27-28-62-26-8-14-35-11-5-15-38-45(35)52(3)48(60)53(38)39-22-24-42(56)51(2)47(39)59/h4-5,10-11,13,15,17-20,31,37,39-40H,6-9,12,14,16,21-30H2,1-3H3,(H2,49,55)(H,50,58)/t31-,37?,39?,40+/m1/s1. The lowest BCUT2D eigenvalue weighted by molar-refractivity contribution is -0.149. The molecule has 63 heavy (non-hydrogen) atoms. The first-order valence-corrected chi connectivity index (χ1v) is 22.3. The number of anilines is 1. The van der Waals surface area contributed by atoms with Crippen LogP contribution in [0, 0.1) is 0 Å². The molecule has 15 heteroatoms. The maximum absolute atomic E-state index is 13.8. The number of ether oxygens (including phenoxy) is 3. The Bertz CT molecular complexity index is 2370. The molecule has 3 aliphatic rings. The van der Waals surface area contributed by atoms with Crippen molar-refractivity contribution in [3.05, 3.63) is 99.0 Å². The maximum atomic E-state index is 13.8. The van der Waals surface area contributed by atoms with Crippen LogP contribution in [-0.2, 0) is 77.5 Å². The first kappa shape index (κ1) is 45.4. The molecule has 0 radical (unpaired) electrons. The third kappa shape index (κ3) is 10.4. The minimum Gasteiger partial charge on any atom is -0.379 e. The van der Waals surface area contributed by atoms with Crippen molar-refractivity contribution in [2.45, 2.75) is 115 Å². The van der Waals surface area contributed by atoms with Crippen molar-refractivity contribution in [3.63, 3.8) is 0 Å². The fraction of sp³-hybridized carbons (Fsp3) is 0.500. The summed E-state index contributed by atoms with van der Waals surface area (Å²) in [6, 6.07) is 18.2. The highest BCUT2D eigenvalue weighted by molar-refractivity contribution is 6.05. The molecule has 3 N–H and O–H groups in total. The highest BCUT2D eigenvalue weighted by Crippen LogP contribution is 2.39. The minimum atomic E-state index is -0.699. The van der Waals surface area contributed by atoms with Gasteiger partial charge in [-0.15, -0.1) is 0 Å². The molecule has 0 saturated carbocycles. The van der Waals surface area contributed by atoms with Gasteiger partial charge in [-0.1, -0.05) is 54.6 Å². The number of aromatic nitrogens is 2.